The van der Waals surface area contributed by atoms with Gasteiger partial charge in [-0.25, -0.2) is 18.6 Å². The number of primary amides is 1. The Bertz CT molecular complexity index is 1080. The first-order valence-corrected chi connectivity index (χ1v) is 7.81. The summed E-state index contributed by atoms with van der Waals surface area (Å²) in [7, 11) is 0. The average Bonchev–Trinajstić information content (AvgIpc) is 2.61. The van der Waals surface area contributed by atoms with Crippen molar-refractivity contribution in [3.05, 3.63) is 70.4 Å². The molecular formula is C19H14F2N2O4. The number of nitrogens with zero attached hydrogens (tertiary/aromatic N) is 1. The zero-order chi connectivity index (χ0) is 19.7. The number of ether oxygens (including phenoxy) is 1. The zero-order valence-corrected chi connectivity index (χ0v) is 14.1. The Morgan fingerprint density at radius 1 is 1.19 bits per heavy atom. The standard InChI is InChI=1S/C19H14F2N2O4/c1-9-4-15-13(6-14(9)21)17(7-16(23-15)18(22)24)27-8-10-2-3-11(20)5-12(10)19(25)26/h2-7H,8H2,1H3,(H2,22,24)(H,25,26). The molecule has 0 radical (unpaired) electrons. The molecule has 1 amide bonds. The number of hydrogen-bond acceptors (Lipinski definition) is 4. The second-order valence-corrected chi connectivity index (χ2v) is 5.88. The smallest absolute Gasteiger partial charge is 0.336 e. The molecule has 0 bridgehead atoms. The van der Waals surface area contributed by atoms with Crippen molar-refractivity contribution < 1.29 is 28.2 Å². The van der Waals surface area contributed by atoms with Crippen molar-refractivity contribution in [3.63, 3.8) is 0 Å². The Hall–Kier alpha value is -3.55. The molecule has 0 aliphatic heterocycles. The number of fused-ring (bicyclic) bond motifs is 1. The summed E-state index contributed by atoms with van der Waals surface area (Å²) in [6, 6.07) is 7.17. The lowest BCUT2D eigenvalue weighted by atomic mass is 10.1. The number of carboxylic acids is 1. The number of hydrogen-bond donors (Lipinski definition) is 2. The maximum atomic E-state index is 14.0. The molecule has 8 heteroatoms. The molecule has 6 nitrogen and oxygen atoms in total. The van der Waals surface area contributed by atoms with E-state index in [0.29, 0.717) is 16.5 Å². The number of benzene rings is 2. The first-order chi connectivity index (χ1) is 12.8. The van der Waals surface area contributed by atoms with Crippen LogP contribution in [0.1, 0.15) is 32.0 Å². The summed E-state index contributed by atoms with van der Waals surface area (Å²) in [6.45, 7) is 1.31. The van der Waals surface area contributed by atoms with Gasteiger partial charge in [-0.05, 0) is 36.8 Å². The lowest BCUT2D eigenvalue weighted by Gasteiger charge is -2.13. The number of carboxylic acid groups (broad SMARTS) is 1. The van der Waals surface area contributed by atoms with Crippen molar-refractivity contribution in [2.24, 2.45) is 5.73 Å². The highest BCUT2D eigenvalue weighted by Gasteiger charge is 2.16. The van der Waals surface area contributed by atoms with Gasteiger partial charge in [-0.3, -0.25) is 4.79 Å². The first-order valence-electron chi connectivity index (χ1n) is 7.81. The van der Waals surface area contributed by atoms with E-state index in [4.69, 9.17) is 10.5 Å². The van der Waals surface area contributed by atoms with Gasteiger partial charge in [0.25, 0.3) is 5.91 Å². The van der Waals surface area contributed by atoms with Gasteiger partial charge in [-0.1, -0.05) is 6.07 Å². The molecule has 138 valence electrons. The number of aryl methyl sites for hydroxylation is 1. The predicted molar refractivity (Wildman–Crippen MR) is 92.6 cm³/mol. The number of nitrogens with two attached hydrogens (primary N) is 1. The Balaban J connectivity index is 2.05. The third-order valence-corrected chi connectivity index (χ3v) is 3.99. The topological polar surface area (TPSA) is 103 Å². The Morgan fingerprint density at radius 2 is 1.93 bits per heavy atom. The molecule has 0 aliphatic rings. The maximum Gasteiger partial charge on any atom is 0.336 e. The van der Waals surface area contributed by atoms with Crippen LogP contribution in [0.5, 0.6) is 5.75 Å². The minimum absolute atomic E-state index is 0.0823. The van der Waals surface area contributed by atoms with Crippen LogP contribution in [0.3, 0.4) is 0 Å². The minimum Gasteiger partial charge on any atom is -0.488 e. The summed E-state index contributed by atoms with van der Waals surface area (Å²) >= 11 is 0. The monoisotopic (exact) mass is 372 g/mol. The van der Waals surface area contributed by atoms with E-state index in [2.05, 4.69) is 4.98 Å². The summed E-state index contributed by atoms with van der Waals surface area (Å²) < 4.78 is 32.9. The third-order valence-electron chi connectivity index (χ3n) is 3.99. The van der Waals surface area contributed by atoms with E-state index in [-0.39, 0.29) is 29.2 Å². The number of pyridine rings is 1. The van der Waals surface area contributed by atoms with Crippen LogP contribution >= 0.6 is 0 Å². The van der Waals surface area contributed by atoms with E-state index < -0.39 is 23.5 Å². The van der Waals surface area contributed by atoms with Crippen LogP contribution in [0.2, 0.25) is 0 Å². The van der Waals surface area contributed by atoms with Gasteiger partial charge in [0.2, 0.25) is 0 Å². The van der Waals surface area contributed by atoms with Crippen LogP contribution in [0, 0.1) is 18.6 Å². The van der Waals surface area contributed by atoms with Crippen molar-refractivity contribution in [2.45, 2.75) is 13.5 Å². The summed E-state index contributed by atoms with van der Waals surface area (Å²) in [4.78, 5) is 26.9. The second-order valence-electron chi connectivity index (χ2n) is 5.88. The third kappa shape index (κ3) is 3.69. The predicted octanol–water partition coefficient (Wildman–Crippen LogP) is 3.20. The molecule has 2 aromatic carbocycles. The largest absolute Gasteiger partial charge is 0.488 e. The highest BCUT2D eigenvalue weighted by Crippen LogP contribution is 2.29. The van der Waals surface area contributed by atoms with Crippen molar-refractivity contribution in [1.82, 2.24) is 4.98 Å². The normalized spacial score (nSPS) is 10.8. The van der Waals surface area contributed by atoms with Gasteiger partial charge in [0, 0.05) is 17.0 Å². The Kier molecular flexibility index (Phi) is 4.72. The molecule has 0 saturated heterocycles. The molecule has 0 atom stereocenters. The van der Waals surface area contributed by atoms with Crippen LogP contribution in [0.25, 0.3) is 10.9 Å². The summed E-state index contributed by atoms with van der Waals surface area (Å²) in [5.74, 6) is -3.19. The molecule has 3 rings (SSSR count). The van der Waals surface area contributed by atoms with Gasteiger partial charge in [-0.2, -0.15) is 0 Å². The van der Waals surface area contributed by atoms with Gasteiger partial charge in [0.15, 0.2) is 0 Å². The van der Waals surface area contributed by atoms with Crippen molar-refractivity contribution in [1.29, 1.82) is 0 Å². The van der Waals surface area contributed by atoms with E-state index in [1.165, 1.54) is 24.3 Å². The first kappa shape index (κ1) is 18.2. The zero-order valence-electron chi connectivity index (χ0n) is 14.1. The fourth-order valence-electron chi connectivity index (χ4n) is 2.59. The van der Waals surface area contributed by atoms with E-state index in [9.17, 15) is 23.5 Å². The van der Waals surface area contributed by atoms with E-state index in [1.807, 2.05) is 0 Å². The molecule has 3 N–H and O–H groups in total. The lowest BCUT2D eigenvalue weighted by Crippen LogP contribution is -2.14. The van der Waals surface area contributed by atoms with Gasteiger partial charge in [0.05, 0.1) is 11.1 Å². The van der Waals surface area contributed by atoms with E-state index in [1.54, 1.807) is 6.92 Å². The molecule has 3 aromatic rings. The number of halogens is 2. The number of rotatable bonds is 5. The van der Waals surface area contributed by atoms with Gasteiger partial charge in [-0.15, -0.1) is 0 Å². The number of carbonyl (C=O) groups excluding carboxylic acids is 1. The SMILES string of the molecule is Cc1cc2nc(C(N)=O)cc(OCc3ccc(F)cc3C(=O)O)c2cc1F. The van der Waals surface area contributed by atoms with Crippen LogP contribution < -0.4 is 10.5 Å². The Labute approximate surface area is 152 Å². The number of aromatic carboxylic acids is 1. The second kappa shape index (κ2) is 6.99. The van der Waals surface area contributed by atoms with E-state index >= 15 is 0 Å². The van der Waals surface area contributed by atoms with Gasteiger partial charge >= 0.3 is 5.97 Å². The van der Waals surface area contributed by atoms with Crippen LogP contribution in [0.15, 0.2) is 36.4 Å². The molecule has 27 heavy (non-hydrogen) atoms. The van der Waals surface area contributed by atoms with Crippen molar-refractivity contribution in [3.8, 4) is 5.75 Å². The molecule has 1 aromatic heterocycles. The quantitative estimate of drug-likeness (QED) is 0.716. The highest BCUT2D eigenvalue weighted by atomic mass is 19.1. The molecule has 0 unspecified atom stereocenters. The lowest BCUT2D eigenvalue weighted by molar-refractivity contribution is 0.0693. The fraction of sp³-hybridized carbons (Fsp3) is 0.105. The summed E-state index contributed by atoms with van der Waals surface area (Å²) in [6.07, 6.45) is 0. The number of amides is 1. The molecule has 0 saturated carbocycles. The maximum absolute atomic E-state index is 14.0. The average molecular weight is 372 g/mol. The molecule has 0 spiro atoms. The highest BCUT2D eigenvalue weighted by molar-refractivity contribution is 5.96. The fourth-order valence-corrected chi connectivity index (χ4v) is 2.59. The van der Waals surface area contributed by atoms with Crippen LogP contribution in [-0.4, -0.2) is 22.0 Å². The van der Waals surface area contributed by atoms with Crippen molar-refractivity contribution in [2.75, 3.05) is 0 Å². The van der Waals surface area contributed by atoms with Crippen LogP contribution in [-0.2, 0) is 6.61 Å². The van der Waals surface area contributed by atoms with Gasteiger partial charge in [0.1, 0.15) is 29.7 Å². The minimum atomic E-state index is -1.31. The van der Waals surface area contributed by atoms with Gasteiger partial charge < -0.3 is 15.6 Å². The van der Waals surface area contributed by atoms with Crippen LogP contribution in [0.4, 0.5) is 8.78 Å². The molecular weight excluding hydrogens is 358 g/mol. The summed E-state index contributed by atoms with van der Waals surface area (Å²) in [5.41, 5.74) is 5.78. The summed E-state index contributed by atoms with van der Waals surface area (Å²) in [5, 5.41) is 9.49. The molecule has 0 fully saturated rings. The van der Waals surface area contributed by atoms with E-state index in [0.717, 1.165) is 12.1 Å². The Morgan fingerprint density at radius 3 is 2.59 bits per heavy atom. The number of carbonyl (C=O) groups is 2. The molecule has 0 aliphatic carbocycles. The number of aromatic nitrogens is 1. The van der Waals surface area contributed by atoms with Crippen molar-refractivity contribution >= 4 is 22.8 Å². The molecule has 1 heterocycles.